The van der Waals surface area contributed by atoms with Crippen molar-refractivity contribution < 1.29 is 14.3 Å². The molecule has 5 nitrogen and oxygen atoms in total. The molecule has 1 aromatic rings. The van der Waals surface area contributed by atoms with E-state index >= 15 is 0 Å². The average molecular weight is 288 g/mol. The van der Waals surface area contributed by atoms with Crippen molar-refractivity contribution in [1.29, 1.82) is 0 Å². The van der Waals surface area contributed by atoms with Crippen molar-refractivity contribution in [3.05, 3.63) is 58.1 Å². The summed E-state index contributed by atoms with van der Waals surface area (Å²) in [5, 5.41) is 3.42. The Morgan fingerprint density at radius 3 is 2.95 bits per heavy atom. The van der Waals surface area contributed by atoms with Crippen LogP contribution in [0.2, 0.25) is 0 Å². The number of carbonyl (C=O) groups is 2. The summed E-state index contributed by atoms with van der Waals surface area (Å²) in [6.45, 7) is 0.626. The van der Waals surface area contributed by atoms with Crippen LogP contribution in [0.4, 0.5) is 0 Å². The first-order valence-corrected chi connectivity index (χ1v) is 6.91. The zero-order chi connectivity index (χ0) is 13.9. The van der Waals surface area contributed by atoms with Crippen molar-refractivity contribution in [2.75, 3.05) is 6.67 Å². The van der Waals surface area contributed by atoms with Crippen LogP contribution in [0.1, 0.15) is 5.56 Å². The second kappa shape index (κ2) is 5.42. The predicted molar refractivity (Wildman–Crippen MR) is 74.8 cm³/mol. The van der Waals surface area contributed by atoms with Crippen LogP contribution in [-0.4, -0.2) is 23.4 Å². The second-order valence-corrected chi connectivity index (χ2v) is 5.37. The molecule has 0 unspecified atom stereocenters. The molecule has 0 radical (unpaired) electrons. The van der Waals surface area contributed by atoms with E-state index < -0.39 is 0 Å². The van der Waals surface area contributed by atoms with Gasteiger partial charge in [-0.05, 0) is 5.56 Å². The van der Waals surface area contributed by atoms with Crippen LogP contribution in [0, 0.1) is 0 Å². The topological polar surface area (TPSA) is 58.6 Å². The Morgan fingerprint density at radius 2 is 2.15 bits per heavy atom. The number of benzene rings is 1. The van der Waals surface area contributed by atoms with E-state index in [0.717, 1.165) is 10.6 Å². The molecule has 0 atom stereocenters. The lowest BCUT2D eigenvalue weighted by Gasteiger charge is -2.21. The second-order valence-electron chi connectivity index (χ2n) is 4.31. The van der Waals surface area contributed by atoms with E-state index in [-0.39, 0.29) is 18.5 Å². The van der Waals surface area contributed by atoms with Gasteiger partial charge in [-0.1, -0.05) is 42.1 Å². The van der Waals surface area contributed by atoms with Gasteiger partial charge in [-0.15, -0.1) is 0 Å². The van der Waals surface area contributed by atoms with Gasteiger partial charge in [-0.25, -0.2) is 4.79 Å². The monoisotopic (exact) mass is 288 g/mol. The van der Waals surface area contributed by atoms with Crippen LogP contribution in [0.5, 0.6) is 0 Å². The largest absolute Gasteiger partial charge is 0.457 e. The minimum Gasteiger partial charge on any atom is -0.457 e. The fraction of sp³-hybridized carbons (Fsp3) is 0.143. The van der Waals surface area contributed by atoms with E-state index in [1.165, 1.54) is 17.8 Å². The van der Waals surface area contributed by atoms with Crippen molar-refractivity contribution >= 4 is 23.6 Å². The molecule has 1 aromatic carbocycles. The van der Waals surface area contributed by atoms with Gasteiger partial charge >= 0.3 is 5.97 Å². The molecule has 0 aliphatic carbocycles. The molecule has 0 spiro atoms. The van der Waals surface area contributed by atoms with E-state index in [9.17, 15) is 9.59 Å². The fourth-order valence-corrected chi connectivity index (χ4v) is 2.80. The molecule has 102 valence electrons. The van der Waals surface area contributed by atoms with Gasteiger partial charge in [0.1, 0.15) is 11.5 Å². The maximum Gasteiger partial charge on any atom is 0.346 e. The summed E-state index contributed by atoms with van der Waals surface area (Å²) in [5.41, 5.74) is 0.943. The van der Waals surface area contributed by atoms with Gasteiger partial charge in [-0.3, -0.25) is 4.79 Å². The smallest absolute Gasteiger partial charge is 0.346 e. The van der Waals surface area contributed by atoms with Crippen LogP contribution in [0.25, 0.3) is 0 Å². The first kappa shape index (κ1) is 12.8. The molecule has 2 aliphatic rings. The molecule has 6 heteroatoms. The van der Waals surface area contributed by atoms with E-state index in [2.05, 4.69) is 5.32 Å². The Balaban J connectivity index is 1.62. The van der Waals surface area contributed by atoms with E-state index in [0.29, 0.717) is 11.6 Å². The Labute approximate surface area is 120 Å². The Bertz CT molecular complexity index is 610. The molecule has 2 heterocycles. The summed E-state index contributed by atoms with van der Waals surface area (Å²) in [7, 11) is 0. The van der Waals surface area contributed by atoms with Crippen molar-refractivity contribution in [2.24, 2.45) is 0 Å². The number of hydrogen-bond donors (Lipinski definition) is 1. The molecule has 20 heavy (non-hydrogen) atoms. The minimum atomic E-state index is -0.374. The third-order valence-electron chi connectivity index (χ3n) is 2.86. The van der Waals surface area contributed by atoms with Crippen molar-refractivity contribution in [2.45, 2.75) is 6.61 Å². The lowest BCUT2D eigenvalue weighted by molar-refractivity contribution is -0.139. The SMILES string of the molecule is O=C1C=C2SC(C(=O)OCc3ccccc3)=CN2CN1. The van der Waals surface area contributed by atoms with E-state index in [4.69, 9.17) is 4.74 Å². The molecule has 0 aromatic heterocycles. The van der Waals surface area contributed by atoms with Crippen molar-refractivity contribution in [3.8, 4) is 0 Å². The third-order valence-corrected chi connectivity index (χ3v) is 3.92. The maximum atomic E-state index is 12.0. The Morgan fingerprint density at radius 1 is 1.35 bits per heavy atom. The lowest BCUT2D eigenvalue weighted by Crippen LogP contribution is -2.36. The summed E-state index contributed by atoms with van der Waals surface area (Å²) in [6, 6.07) is 9.51. The number of nitrogens with one attached hydrogen (secondary N) is 1. The third kappa shape index (κ3) is 2.70. The Kier molecular flexibility index (Phi) is 3.47. The lowest BCUT2D eigenvalue weighted by atomic mass is 10.2. The number of rotatable bonds is 3. The van der Waals surface area contributed by atoms with Crippen molar-refractivity contribution in [1.82, 2.24) is 10.2 Å². The van der Waals surface area contributed by atoms with Gasteiger partial charge in [0.25, 0.3) is 0 Å². The summed E-state index contributed by atoms with van der Waals surface area (Å²) < 4.78 is 5.26. The summed E-state index contributed by atoms with van der Waals surface area (Å²) in [4.78, 5) is 25.5. The number of carbonyl (C=O) groups excluding carboxylic acids is 2. The summed E-state index contributed by atoms with van der Waals surface area (Å²) in [5.74, 6) is -0.516. The molecule has 1 N–H and O–H groups in total. The highest BCUT2D eigenvalue weighted by Crippen LogP contribution is 2.37. The van der Waals surface area contributed by atoms with Gasteiger partial charge in [0.2, 0.25) is 5.91 Å². The number of thioether (sulfide) groups is 1. The van der Waals surface area contributed by atoms with Gasteiger partial charge < -0.3 is 15.0 Å². The number of nitrogens with zero attached hydrogens (tertiary/aromatic N) is 1. The van der Waals surface area contributed by atoms with Gasteiger partial charge in [0.15, 0.2) is 0 Å². The number of hydrogen-bond acceptors (Lipinski definition) is 5. The standard InChI is InChI=1S/C14H12N2O3S/c17-12-6-13-16(9-15-12)7-11(20-13)14(18)19-8-10-4-2-1-3-5-10/h1-7H,8-9H2,(H,15,17). The maximum absolute atomic E-state index is 12.0. The quantitative estimate of drug-likeness (QED) is 0.855. The van der Waals surface area contributed by atoms with Crippen molar-refractivity contribution in [3.63, 3.8) is 0 Å². The average Bonchev–Trinajstić information content (AvgIpc) is 2.89. The van der Waals surface area contributed by atoms with E-state index in [1.54, 1.807) is 6.20 Å². The zero-order valence-electron chi connectivity index (χ0n) is 10.5. The number of ether oxygens (including phenoxy) is 1. The Hall–Kier alpha value is -2.21. The van der Waals surface area contributed by atoms with Crippen LogP contribution < -0.4 is 5.32 Å². The van der Waals surface area contributed by atoms with Crippen LogP contribution in [0.15, 0.2) is 52.5 Å². The first-order chi connectivity index (χ1) is 9.72. The molecule has 0 bridgehead atoms. The van der Waals surface area contributed by atoms with Gasteiger partial charge in [0, 0.05) is 12.3 Å². The summed E-state index contributed by atoms with van der Waals surface area (Å²) >= 11 is 1.25. The molecule has 3 rings (SSSR count). The molecular formula is C14H12N2O3S. The van der Waals surface area contributed by atoms with Crippen LogP contribution >= 0.6 is 11.8 Å². The molecule has 0 saturated heterocycles. The highest BCUT2D eigenvalue weighted by atomic mass is 32.2. The molecule has 1 amide bonds. The van der Waals surface area contributed by atoms with Crippen LogP contribution in [0.3, 0.4) is 0 Å². The molecule has 2 aliphatic heterocycles. The molecule has 0 saturated carbocycles. The number of amides is 1. The zero-order valence-corrected chi connectivity index (χ0v) is 11.4. The van der Waals surface area contributed by atoms with Crippen LogP contribution in [-0.2, 0) is 20.9 Å². The normalized spacial score (nSPS) is 17.0. The fourth-order valence-electron chi connectivity index (χ4n) is 1.85. The highest BCUT2D eigenvalue weighted by Gasteiger charge is 2.28. The van der Waals surface area contributed by atoms with E-state index in [1.807, 2.05) is 35.2 Å². The predicted octanol–water partition coefficient (Wildman–Crippen LogP) is 1.55. The first-order valence-electron chi connectivity index (χ1n) is 6.09. The number of esters is 1. The molecule has 0 fully saturated rings. The summed E-state index contributed by atoms with van der Waals surface area (Å²) in [6.07, 6.45) is 3.17. The minimum absolute atomic E-state index is 0.143. The number of fused-ring (bicyclic) bond motifs is 1. The molecular weight excluding hydrogens is 276 g/mol. The van der Waals surface area contributed by atoms with Gasteiger partial charge in [0.05, 0.1) is 11.7 Å². The van der Waals surface area contributed by atoms with Gasteiger partial charge in [-0.2, -0.15) is 0 Å². The highest BCUT2D eigenvalue weighted by molar-refractivity contribution is 8.07.